The predicted molar refractivity (Wildman–Crippen MR) is 64.0 cm³/mol. The third-order valence-corrected chi connectivity index (χ3v) is 4.17. The second-order valence-corrected chi connectivity index (χ2v) is 5.40. The van der Waals surface area contributed by atoms with Crippen molar-refractivity contribution in [2.45, 2.75) is 25.8 Å². The van der Waals surface area contributed by atoms with Crippen LogP contribution >= 0.6 is 11.3 Å². The van der Waals surface area contributed by atoms with Gasteiger partial charge in [0.15, 0.2) is 0 Å². The van der Waals surface area contributed by atoms with Crippen molar-refractivity contribution >= 4 is 21.6 Å². The molecule has 1 aromatic heterocycles. The van der Waals surface area contributed by atoms with Gasteiger partial charge >= 0.3 is 0 Å². The van der Waals surface area contributed by atoms with Crippen molar-refractivity contribution in [3.63, 3.8) is 0 Å². The molecule has 2 nitrogen and oxygen atoms in total. The molecule has 0 amide bonds. The first kappa shape index (κ1) is 9.31. The van der Waals surface area contributed by atoms with Gasteiger partial charge in [-0.15, -0.1) is 11.3 Å². The van der Waals surface area contributed by atoms with E-state index < -0.39 is 0 Å². The van der Waals surface area contributed by atoms with E-state index in [0.29, 0.717) is 5.92 Å². The summed E-state index contributed by atoms with van der Waals surface area (Å²) in [5.41, 5.74) is 8.54. The number of rotatable bonds is 2. The highest BCUT2D eigenvalue weighted by Gasteiger charge is 2.31. The summed E-state index contributed by atoms with van der Waals surface area (Å²) in [6.45, 7) is 2.11. The van der Waals surface area contributed by atoms with Crippen molar-refractivity contribution in [2.75, 3.05) is 0 Å². The Kier molecular flexibility index (Phi) is 2.04. The minimum absolute atomic E-state index is 0.168. The first-order valence-corrected chi connectivity index (χ1v) is 6.19. The zero-order valence-corrected chi connectivity index (χ0v) is 9.55. The van der Waals surface area contributed by atoms with Gasteiger partial charge in [-0.2, -0.15) is 0 Å². The monoisotopic (exact) mass is 218 g/mol. The van der Waals surface area contributed by atoms with Crippen LogP contribution in [0.4, 0.5) is 0 Å². The molecule has 1 atom stereocenters. The zero-order valence-electron chi connectivity index (χ0n) is 8.73. The summed E-state index contributed by atoms with van der Waals surface area (Å²) in [5.74, 6) is 0.686. The second kappa shape index (κ2) is 3.29. The fraction of sp³-hybridized carbons (Fsp3) is 0.417. The van der Waals surface area contributed by atoms with Crippen molar-refractivity contribution in [3.8, 4) is 0 Å². The van der Waals surface area contributed by atoms with Crippen molar-refractivity contribution in [1.82, 2.24) is 4.98 Å². The number of nitrogens with two attached hydrogens (primary N) is 1. The van der Waals surface area contributed by atoms with E-state index in [1.54, 1.807) is 11.3 Å². The summed E-state index contributed by atoms with van der Waals surface area (Å²) in [6, 6.07) is 6.49. The quantitative estimate of drug-likeness (QED) is 0.841. The van der Waals surface area contributed by atoms with Gasteiger partial charge in [0.1, 0.15) is 5.01 Å². The third-order valence-electron chi connectivity index (χ3n) is 3.05. The number of fused-ring (bicyclic) bond motifs is 1. The standard InChI is InChI=1S/C12H14N2S/c1-7-3-2-4-9-11(7)14-12(15-9)10(13)8-5-6-8/h2-4,8,10H,5-6,13H2,1H3. The van der Waals surface area contributed by atoms with Gasteiger partial charge in [0, 0.05) is 0 Å². The van der Waals surface area contributed by atoms with E-state index >= 15 is 0 Å². The van der Waals surface area contributed by atoms with Gasteiger partial charge in [0.2, 0.25) is 0 Å². The van der Waals surface area contributed by atoms with E-state index in [4.69, 9.17) is 5.73 Å². The third kappa shape index (κ3) is 1.56. The molecule has 1 aromatic carbocycles. The van der Waals surface area contributed by atoms with Crippen molar-refractivity contribution in [2.24, 2.45) is 11.7 Å². The van der Waals surface area contributed by atoms with Crippen LogP contribution in [0.3, 0.4) is 0 Å². The van der Waals surface area contributed by atoms with E-state index in [-0.39, 0.29) is 6.04 Å². The highest BCUT2D eigenvalue weighted by Crippen LogP contribution is 2.41. The van der Waals surface area contributed by atoms with Crippen LogP contribution in [-0.2, 0) is 0 Å². The lowest BCUT2D eigenvalue weighted by Crippen LogP contribution is -2.11. The Hall–Kier alpha value is -0.930. The number of aryl methyl sites for hydroxylation is 1. The lowest BCUT2D eigenvalue weighted by atomic mass is 10.2. The van der Waals surface area contributed by atoms with Crippen molar-refractivity contribution in [3.05, 3.63) is 28.8 Å². The van der Waals surface area contributed by atoms with E-state index in [0.717, 1.165) is 10.5 Å². The highest BCUT2D eigenvalue weighted by molar-refractivity contribution is 7.18. The first-order valence-electron chi connectivity index (χ1n) is 5.37. The maximum Gasteiger partial charge on any atom is 0.111 e. The Bertz CT molecular complexity index is 499. The summed E-state index contributed by atoms with van der Waals surface area (Å²) in [7, 11) is 0. The smallest absolute Gasteiger partial charge is 0.111 e. The number of nitrogens with zero attached hydrogens (tertiary/aromatic N) is 1. The highest BCUT2D eigenvalue weighted by atomic mass is 32.1. The van der Waals surface area contributed by atoms with Gasteiger partial charge in [0.25, 0.3) is 0 Å². The van der Waals surface area contributed by atoms with Gasteiger partial charge in [0.05, 0.1) is 16.3 Å². The molecule has 1 unspecified atom stereocenters. The van der Waals surface area contributed by atoms with Crippen LogP contribution < -0.4 is 5.73 Å². The molecule has 1 fully saturated rings. The second-order valence-electron chi connectivity index (χ2n) is 4.34. The SMILES string of the molecule is Cc1cccc2sc(C(N)C3CC3)nc12. The zero-order chi connectivity index (χ0) is 10.4. The molecule has 1 aliphatic carbocycles. The minimum atomic E-state index is 0.168. The summed E-state index contributed by atoms with van der Waals surface area (Å²) < 4.78 is 1.26. The molecule has 2 aromatic rings. The first-order chi connectivity index (χ1) is 7.25. The molecule has 0 saturated heterocycles. The van der Waals surface area contributed by atoms with Crippen LogP contribution in [0.5, 0.6) is 0 Å². The Balaban J connectivity index is 2.09. The summed E-state index contributed by atoms with van der Waals surface area (Å²) in [4.78, 5) is 4.67. The minimum Gasteiger partial charge on any atom is -0.322 e. The van der Waals surface area contributed by atoms with Gasteiger partial charge in [-0.25, -0.2) is 4.98 Å². The molecular formula is C12H14N2S. The van der Waals surface area contributed by atoms with Gasteiger partial charge in [-0.1, -0.05) is 12.1 Å². The van der Waals surface area contributed by atoms with Crippen LogP contribution in [0.2, 0.25) is 0 Å². The van der Waals surface area contributed by atoms with Crippen LogP contribution in [0.25, 0.3) is 10.2 Å². The molecule has 1 saturated carbocycles. The lowest BCUT2D eigenvalue weighted by molar-refractivity contribution is 0.630. The molecule has 0 bridgehead atoms. The Labute approximate surface area is 93.1 Å². The topological polar surface area (TPSA) is 38.9 Å². The van der Waals surface area contributed by atoms with E-state index in [1.807, 2.05) is 0 Å². The Morgan fingerprint density at radius 1 is 1.47 bits per heavy atom. The molecule has 0 spiro atoms. The maximum absolute atomic E-state index is 6.16. The summed E-state index contributed by atoms with van der Waals surface area (Å²) >= 11 is 1.75. The summed E-state index contributed by atoms with van der Waals surface area (Å²) in [5, 5.41) is 1.11. The number of thiazole rings is 1. The molecule has 3 heteroatoms. The molecule has 15 heavy (non-hydrogen) atoms. The summed E-state index contributed by atoms with van der Waals surface area (Å²) in [6.07, 6.45) is 2.55. The lowest BCUT2D eigenvalue weighted by Gasteiger charge is -2.03. The average molecular weight is 218 g/mol. The Morgan fingerprint density at radius 2 is 2.27 bits per heavy atom. The van der Waals surface area contributed by atoms with E-state index in [2.05, 4.69) is 30.1 Å². The molecule has 2 N–H and O–H groups in total. The van der Waals surface area contributed by atoms with Crippen LogP contribution in [0.15, 0.2) is 18.2 Å². The predicted octanol–water partition coefficient (Wildman–Crippen LogP) is 3.01. The average Bonchev–Trinajstić information content (AvgIpc) is 2.97. The van der Waals surface area contributed by atoms with Crippen LogP contribution in [0, 0.1) is 12.8 Å². The molecule has 3 rings (SSSR count). The number of para-hydroxylation sites is 1. The normalized spacial score (nSPS) is 18.3. The van der Waals surface area contributed by atoms with Crippen LogP contribution in [-0.4, -0.2) is 4.98 Å². The number of aromatic nitrogens is 1. The van der Waals surface area contributed by atoms with Gasteiger partial charge < -0.3 is 5.73 Å². The largest absolute Gasteiger partial charge is 0.322 e. The fourth-order valence-corrected chi connectivity index (χ4v) is 3.04. The number of hydrogen-bond acceptors (Lipinski definition) is 3. The number of hydrogen-bond donors (Lipinski definition) is 1. The van der Waals surface area contributed by atoms with E-state index in [9.17, 15) is 0 Å². The van der Waals surface area contributed by atoms with Crippen LogP contribution in [0.1, 0.15) is 29.5 Å². The van der Waals surface area contributed by atoms with Gasteiger partial charge in [-0.3, -0.25) is 0 Å². The van der Waals surface area contributed by atoms with Crippen molar-refractivity contribution in [1.29, 1.82) is 0 Å². The molecule has 0 radical (unpaired) electrons. The fourth-order valence-electron chi connectivity index (χ4n) is 1.90. The molecule has 1 heterocycles. The van der Waals surface area contributed by atoms with Crippen molar-refractivity contribution < 1.29 is 0 Å². The molecule has 0 aliphatic heterocycles. The molecular weight excluding hydrogens is 204 g/mol. The number of benzene rings is 1. The molecule has 1 aliphatic rings. The van der Waals surface area contributed by atoms with Gasteiger partial charge in [-0.05, 0) is 37.3 Å². The molecule has 78 valence electrons. The maximum atomic E-state index is 6.16. The van der Waals surface area contributed by atoms with E-state index in [1.165, 1.54) is 23.1 Å². The Morgan fingerprint density at radius 3 is 2.93 bits per heavy atom.